The molecule has 1 aliphatic rings. The number of nitrogens with zero attached hydrogens (tertiary/aromatic N) is 2. The van der Waals surface area contributed by atoms with Crippen molar-refractivity contribution in [3.05, 3.63) is 34.4 Å². The van der Waals surface area contributed by atoms with Crippen LogP contribution in [-0.4, -0.2) is 86.7 Å². The van der Waals surface area contributed by atoms with Crippen molar-refractivity contribution in [2.75, 3.05) is 65.5 Å². The molecule has 1 atom stereocenters. The molecule has 0 spiro atoms. The van der Waals surface area contributed by atoms with E-state index in [9.17, 15) is 15.2 Å². The number of benzene rings is 1. The minimum atomic E-state index is -0.860. The fourth-order valence-electron chi connectivity index (χ4n) is 3.08. The van der Waals surface area contributed by atoms with Gasteiger partial charge in [-0.2, -0.15) is 0 Å². The molecule has 0 saturated carbocycles. The maximum atomic E-state index is 10.4. The number of aliphatic hydroxyl groups is 1. The molecular formula is C19H33N5O5. The number of nitrogens with one attached hydrogen (secondary N) is 3. The Balaban J connectivity index is 1.73. The van der Waals surface area contributed by atoms with Crippen molar-refractivity contribution in [2.45, 2.75) is 18.9 Å². The summed E-state index contributed by atoms with van der Waals surface area (Å²) in [5, 5.41) is 30.1. The molecule has 1 fully saturated rings. The summed E-state index contributed by atoms with van der Waals surface area (Å²) in [7, 11) is 0. The van der Waals surface area contributed by atoms with Crippen molar-refractivity contribution >= 4 is 0 Å². The van der Waals surface area contributed by atoms with E-state index >= 15 is 0 Å². The van der Waals surface area contributed by atoms with Gasteiger partial charge in [0.15, 0.2) is 0 Å². The molecule has 1 aromatic carbocycles. The third-order valence-electron chi connectivity index (χ3n) is 4.53. The average molecular weight is 412 g/mol. The highest BCUT2D eigenvalue weighted by Crippen LogP contribution is 2.17. The SMILES string of the molecule is O=[N+]([O-])Oc1ccc(OCC(O)CN2CCCNCCNCCCNCC2)cc1. The number of hydrogen-bond acceptors (Lipinski definition) is 9. The van der Waals surface area contributed by atoms with Crippen LogP contribution in [0.3, 0.4) is 0 Å². The quantitative estimate of drug-likeness (QED) is 0.359. The molecule has 1 saturated heterocycles. The zero-order chi connectivity index (χ0) is 20.7. The van der Waals surface area contributed by atoms with E-state index in [1.54, 1.807) is 12.1 Å². The first-order valence-electron chi connectivity index (χ1n) is 10.2. The molecule has 2 rings (SSSR count). The fourth-order valence-corrected chi connectivity index (χ4v) is 3.08. The third kappa shape index (κ3) is 11.0. The van der Waals surface area contributed by atoms with Crippen LogP contribution in [0, 0.1) is 10.1 Å². The normalized spacial score (nSPS) is 19.1. The minimum absolute atomic E-state index is 0.130. The van der Waals surface area contributed by atoms with Gasteiger partial charge in [0.1, 0.15) is 24.2 Å². The van der Waals surface area contributed by atoms with Crippen LogP contribution in [0.1, 0.15) is 12.8 Å². The summed E-state index contributed by atoms with van der Waals surface area (Å²) < 4.78 is 5.60. The minimum Gasteiger partial charge on any atom is -0.491 e. The highest BCUT2D eigenvalue weighted by atomic mass is 17.0. The highest BCUT2D eigenvalue weighted by Gasteiger charge is 2.13. The average Bonchev–Trinajstić information content (AvgIpc) is 2.70. The van der Waals surface area contributed by atoms with Gasteiger partial charge in [0, 0.05) is 32.7 Å². The molecule has 0 bridgehead atoms. The second kappa shape index (κ2) is 14.1. The summed E-state index contributed by atoms with van der Waals surface area (Å²) in [4.78, 5) is 16.9. The highest BCUT2D eigenvalue weighted by molar-refractivity contribution is 5.30. The molecule has 1 aliphatic heterocycles. The molecule has 10 heteroatoms. The van der Waals surface area contributed by atoms with Crippen LogP contribution in [0.25, 0.3) is 0 Å². The van der Waals surface area contributed by atoms with Gasteiger partial charge < -0.3 is 25.8 Å². The van der Waals surface area contributed by atoms with Crippen LogP contribution in [-0.2, 0) is 0 Å². The van der Waals surface area contributed by atoms with Gasteiger partial charge in [-0.3, -0.25) is 9.74 Å². The van der Waals surface area contributed by atoms with E-state index in [1.807, 2.05) is 0 Å². The van der Waals surface area contributed by atoms with Gasteiger partial charge in [0.2, 0.25) is 0 Å². The van der Waals surface area contributed by atoms with Crippen LogP contribution >= 0.6 is 0 Å². The van der Waals surface area contributed by atoms with Crippen molar-refractivity contribution in [1.82, 2.24) is 20.9 Å². The molecule has 0 aromatic heterocycles. The maximum absolute atomic E-state index is 10.4. The van der Waals surface area contributed by atoms with Crippen molar-refractivity contribution in [3.8, 4) is 11.5 Å². The topological polar surface area (TPSA) is 121 Å². The lowest BCUT2D eigenvalue weighted by Gasteiger charge is -2.25. The van der Waals surface area contributed by atoms with Gasteiger partial charge in [-0.15, -0.1) is 10.1 Å². The van der Waals surface area contributed by atoms with Gasteiger partial charge in [-0.05, 0) is 63.3 Å². The molecule has 0 aliphatic carbocycles. The lowest BCUT2D eigenvalue weighted by molar-refractivity contribution is -0.711. The molecular weight excluding hydrogens is 378 g/mol. The Morgan fingerprint density at radius 1 is 0.966 bits per heavy atom. The summed E-state index contributed by atoms with van der Waals surface area (Å²) in [6.07, 6.45) is 1.49. The number of hydrogen-bond donors (Lipinski definition) is 4. The van der Waals surface area contributed by atoms with Crippen LogP contribution in [0.5, 0.6) is 11.5 Å². The van der Waals surface area contributed by atoms with Crippen molar-refractivity contribution in [2.24, 2.45) is 0 Å². The second-order valence-corrected chi connectivity index (χ2v) is 7.01. The van der Waals surface area contributed by atoms with Gasteiger partial charge in [0.25, 0.3) is 5.09 Å². The van der Waals surface area contributed by atoms with E-state index in [0.29, 0.717) is 12.3 Å². The van der Waals surface area contributed by atoms with Gasteiger partial charge >= 0.3 is 0 Å². The Hall–Kier alpha value is -1.98. The van der Waals surface area contributed by atoms with E-state index in [1.165, 1.54) is 12.1 Å². The second-order valence-electron chi connectivity index (χ2n) is 7.01. The van der Waals surface area contributed by atoms with E-state index < -0.39 is 11.2 Å². The molecule has 1 heterocycles. The molecule has 10 nitrogen and oxygen atoms in total. The first-order chi connectivity index (χ1) is 14.1. The number of aliphatic hydroxyl groups excluding tert-OH is 1. The standard InChI is InChI=1S/C19H33N5O5/c25-17(16-28-18-3-5-19(6-4-18)29-24(26)27)15-23-13-2-9-21-11-10-20-7-1-8-22-12-14-23/h3-6,17,20-22,25H,1-2,7-16H2. The Morgan fingerprint density at radius 3 is 2.28 bits per heavy atom. The largest absolute Gasteiger partial charge is 0.491 e. The molecule has 164 valence electrons. The molecule has 4 N–H and O–H groups in total. The van der Waals surface area contributed by atoms with Crippen molar-refractivity contribution in [3.63, 3.8) is 0 Å². The lowest BCUT2D eigenvalue weighted by atomic mass is 10.3. The predicted octanol–water partition coefficient (Wildman–Crippen LogP) is -0.139. The van der Waals surface area contributed by atoms with Crippen molar-refractivity contribution in [1.29, 1.82) is 0 Å². The van der Waals surface area contributed by atoms with E-state index in [0.717, 1.165) is 65.2 Å². The first-order valence-corrected chi connectivity index (χ1v) is 10.2. The summed E-state index contributed by atoms with van der Waals surface area (Å²) >= 11 is 0. The van der Waals surface area contributed by atoms with Gasteiger partial charge in [-0.25, -0.2) is 0 Å². The molecule has 1 aromatic rings. The van der Waals surface area contributed by atoms with Crippen LogP contribution in [0.15, 0.2) is 24.3 Å². The number of β-amino-alcohol motifs (C(OH)–C–C–N with tert-alkyl or cyclic N) is 1. The van der Waals surface area contributed by atoms with Crippen LogP contribution in [0.2, 0.25) is 0 Å². The summed E-state index contributed by atoms with van der Waals surface area (Å²) in [6, 6.07) is 6.08. The van der Waals surface area contributed by atoms with Crippen LogP contribution < -0.4 is 25.5 Å². The maximum Gasteiger partial charge on any atom is 0.299 e. The Morgan fingerprint density at radius 2 is 1.59 bits per heavy atom. The summed E-state index contributed by atoms with van der Waals surface area (Å²) in [5.74, 6) is 0.658. The van der Waals surface area contributed by atoms with Gasteiger partial charge in [-0.1, -0.05) is 0 Å². The molecule has 0 radical (unpaired) electrons. The Kier molecular flexibility index (Phi) is 11.3. The zero-order valence-corrected chi connectivity index (χ0v) is 16.8. The first kappa shape index (κ1) is 23.3. The fraction of sp³-hybridized carbons (Fsp3) is 0.684. The van der Waals surface area contributed by atoms with E-state index in [2.05, 4.69) is 25.7 Å². The monoisotopic (exact) mass is 411 g/mol. The summed E-state index contributed by atoms with van der Waals surface area (Å²) in [5.41, 5.74) is 0. The Labute approximate surface area is 171 Å². The van der Waals surface area contributed by atoms with Crippen molar-refractivity contribution < 1.29 is 19.8 Å². The number of rotatable bonds is 7. The molecule has 1 unspecified atom stereocenters. The third-order valence-corrected chi connectivity index (χ3v) is 4.53. The zero-order valence-electron chi connectivity index (χ0n) is 16.8. The van der Waals surface area contributed by atoms with Crippen LogP contribution in [0.4, 0.5) is 0 Å². The smallest absolute Gasteiger partial charge is 0.299 e. The van der Waals surface area contributed by atoms with Gasteiger partial charge in [0.05, 0.1) is 0 Å². The lowest BCUT2D eigenvalue weighted by Crippen LogP contribution is -2.41. The molecule has 29 heavy (non-hydrogen) atoms. The van der Waals surface area contributed by atoms with E-state index in [4.69, 9.17) is 4.74 Å². The van der Waals surface area contributed by atoms with E-state index in [-0.39, 0.29) is 12.4 Å². The summed E-state index contributed by atoms with van der Waals surface area (Å²) in [6.45, 7) is 8.27. The molecule has 0 amide bonds. The number of ether oxygens (including phenoxy) is 1. The Bertz CT molecular complexity index is 561. The predicted molar refractivity (Wildman–Crippen MR) is 110 cm³/mol.